The van der Waals surface area contributed by atoms with Gasteiger partial charge in [-0.05, 0) is 12.5 Å². The highest BCUT2D eigenvalue weighted by molar-refractivity contribution is 5.21. The van der Waals surface area contributed by atoms with E-state index in [2.05, 4.69) is 47.1 Å². The largest absolute Gasteiger partial charge is 0.379 e. The predicted octanol–water partition coefficient (Wildman–Crippen LogP) is 1.59. The average Bonchev–Trinajstić information content (AvgIpc) is 2.58. The lowest BCUT2D eigenvalue weighted by Crippen LogP contribution is -2.51. The van der Waals surface area contributed by atoms with Gasteiger partial charge < -0.3 is 9.47 Å². The number of nitrogens with zero attached hydrogens (tertiary/aromatic N) is 2. The van der Waals surface area contributed by atoms with Gasteiger partial charge in [-0.25, -0.2) is 0 Å². The van der Waals surface area contributed by atoms with Gasteiger partial charge in [0.15, 0.2) is 0 Å². The van der Waals surface area contributed by atoms with E-state index < -0.39 is 0 Å². The third kappa shape index (κ3) is 3.64. The van der Waals surface area contributed by atoms with Crippen molar-refractivity contribution in [3.8, 4) is 0 Å². The van der Waals surface area contributed by atoms with Crippen LogP contribution in [0.25, 0.3) is 0 Å². The summed E-state index contributed by atoms with van der Waals surface area (Å²) < 4.78 is 11.0. The molecule has 115 valence electrons. The van der Waals surface area contributed by atoms with Gasteiger partial charge in [-0.2, -0.15) is 0 Å². The fourth-order valence-corrected chi connectivity index (χ4v) is 3.29. The zero-order valence-electron chi connectivity index (χ0n) is 12.6. The van der Waals surface area contributed by atoms with Gasteiger partial charge in [0.1, 0.15) is 0 Å². The molecule has 1 aromatic rings. The highest BCUT2D eigenvalue weighted by Crippen LogP contribution is 2.28. The fourth-order valence-electron chi connectivity index (χ4n) is 3.29. The number of hydrogen-bond donors (Lipinski definition) is 0. The highest BCUT2D eigenvalue weighted by atomic mass is 16.5. The molecule has 0 saturated carbocycles. The SMILES string of the molecule is [CH2]C(C(c1ccccc1)N1CCOCC1)N1CCOCC1. The van der Waals surface area contributed by atoms with Gasteiger partial charge in [0, 0.05) is 32.2 Å². The number of morpholine rings is 2. The van der Waals surface area contributed by atoms with Crippen LogP contribution in [0.3, 0.4) is 0 Å². The molecule has 0 spiro atoms. The maximum atomic E-state index is 5.52. The van der Waals surface area contributed by atoms with E-state index in [1.807, 2.05) is 0 Å². The second-order valence-corrected chi connectivity index (χ2v) is 5.72. The molecule has 0 aromatic heterocycles. The van der Waals surface area contributed by atoms with Gasteiger partial charge in [-0.15, -0.1) is 0 Å². The number of hydrogen-bond acceptors (Lipinski definition) is 4. The lowest BCUT2D eigenvalue weighted by atomic mass is 9.96. The van der Waals surface area contributed by atoms with Crippen molar-refractivity contribution in [3.63, 3.8) is 0 Å². The Morgan fingerprint density at radius 3 is 1.90 bits per heavy atom. The van der Waals surface area contributed by atoms with Crippen LogP contribution >= 0.6 is 0 Å². The summed E-state index contributed by atoms with van der Waals surface area (Å²) >= 11 is 0. The Morgan fingerprint density at radius 1 is 0.810 bits per heavy atom. The minimum Gasteiger partial charge on any atom is -0.379 e. The first kappa shape index (κ1) is 15.0. The lowest BCUT2D eigenvalue weighted by molar-refractivity contribution is -0.0263. The van der Waals surface area contributed by atoms with E-state index in [9.17, 15) is 0 Å². The molecule has 4 nitrogen and oxygen atoms in total. The van der Waals surface area contributed by atoms with E-state index in [0.29, 0.717) is 6.04 Å². The van der Waals surface area contributed by atoms with Gasteiger partial charge >= 0.3 is 0 Å². The van der Waals surface area contributed by atoms with Gasteiger partial charge in [-0.3, -0.25) is 9.80 Å². The van der Waals surface area contributed by atoms with Crippen molar-refractivity contribution in [3.05, 3.63) is 42.8 Å². The zero-order valence-corrected chi connectivity index (χ0v) is 12.6. The molecule has 2 atom stereocenters. The van der Waals surface area contributed by atoms with Crippen LogP contribution in [0.2, 0.25) is 0 Å². The Balaban J connectivity index is 1.80. The van der Waals surface area contributed by atoms with Crippen LogP contribution < -0.4 is 0 Å². The first-order chi connectivity index (χ1) is 10.4. The molecular formula is C17H25N2O2. The maximum absolute atomic E-state index is 5.52. The number of ether oxygens (including phenoxy) is 2. The second-order valence-electron chi connectivity index (χ2n) is 5.72. The minimum atomic E-state index is 0.245. The standard InChI is InChI=1S/C17H25N2O2/c1-15(18-7-11-20-12-8-18)17(16-5-3-2-4-6-16)19-9-13-21-14-10-19/h2-6,15,17H,1,7-14H2. The monoisotopic (exact) mass is 289 g/mol. The van der Waals surface area contributed by atoms with Gasteiger partial charge in [-0.1, -0.05) is 30.3 Å². The van der Waals surface area contributed by atoms with Crippen LogP contribution in [0.15, 0.2) is 30.3 Å². The Kier molecular flexibility index (Phi) is 5.25. The first-order valence-electron chi connectivity index (χ1n) is 7.88. The third-order valence-electron chi connectivity index (χ3n) is 4.46. The normalized spacial score (nSPS) is 24.6. The van der Waals surface area contributed by atoms with Gasteiger partial charge in [0.05, 0.1) is 32.5 Å². The highest BCUT2D eigenvalue weighted by Gasteiger charge is 2.31. The summed E-state index contributed by atoms with van der Waals surface area (Å²) in [5, 5.41) is 0. The molecule has 2 aliphatic heterocycles. The molecule has 2 unspecified atom stereocenters. The summed E-state index contributed by atoms with van der Waals surface area (Å²) in [6.07, 6.45) is 0. The van der Waals surface area contributed by atoms with E-state index in [1.165, 1.54) is 5.56 Å². The zero-order chi connectivity index (χ0) is 14.5. The average molecular weight is 289 g/mol. The van der Waals surface area contributed by atoms with E-state index in [1.54, 1.807) is 0 Å². The molecule has 0 aliphatic carbocycles. The number of benzene rings is 1. The van der Waals surface area contributed by atoms with Crippen molar-refractivity contribution in [2.45, 2.75) is 12.1 Å². The van der Waals surface area contributed by atoms with Crippen molar-refractivity contribution >= 4 is 0 Å². The Morgan fingerprint density at radius 2 is 1.33 bits per heavy atom. The molecule has 0 N–H and O–H groups in total. The van der Waals surface area contributed by atoms with Gasteiger partial charge in [0.25, 0.3) is 0 Å². The van der Waals surface area contributed by atoms with Crippen LogP contribution in [-0.4, -0.2) is 68.4 Å². The predicted molar refractivity (Wildman–Crippen MR) is 83.1 cm³/mol. The summed E-state index contributed by atoms with van der Waals surface area (Å²) in [6.45, 7) is 11.7. The van der Waals surface area contributed by atoms with Crippen LogP contribution in [-0.2, 0) is 9.47 Å². The molecule has 2 heterocycles. The summed E-state index contributed by atoms with van der Waals surface area (Å²) in [5.74, 6) is 0. The molecule has 2 saturated heterocycles. The van der Waals surface area contributed by atoms with E-state index in [-0.39, 0.29) is 6.04 Å². The summed E-state index contributed by atoms with van der Waals surface area (Å²) in [6, 6.07) is 11.3. The van der Waals surface area contributed by atoms with Gasteiger partial charge in [0.2, 0.25) is 0 Å². The first-order valence-corrected chi connectivity index (χ1v) is 7.88. The Hall–Kier alpha value is -0.940. The minimum absolute atomic E-state index is 0.245. The lowest BCUT2D eigenvalue weighted by Gasteiger charge is -2.43. The smallest absolute Gasteiger partial charge is 0.0594 e. The second kappa shape index (κ2) is 7.36. The molecule has 1 radical (unpaired) electrons. The molecule has 0 bridgehead atoms. The van der Waals surface area contributed by atoms with Crippen molar-refractivity contribution in [1.29, 1.82) is 0 Å². The van der Waals surface area contributed by atoms with Crippen molar-refractivity contribution in [1.82, 2.24) is 9.80 Å². The van der Waals surface area contributed by atoms with Crippen LogP contribution in [0, 0.1) is 6.92 Å². The van der Waals surface area contributed by atoms with Crippen molar-refractivity contribution in [2.24, 2.45) is 0 Å². The molecule has 0 amide bonds. The van der Waals surface area contributed by atoms with Crippen LogP contribution in [0.4, 0.5) is 0 Å². The van der Waals surface area contributed by atoms with E-state index >= 15 is 0 Å². The van der Waals surface area contributed by atoms with Crippen LogP contribution in [0.5, 0.6) is 0 Å². The molecule has 4 heteroatoms. The van der Waals surface area contributed by atoms with Crippen molar-refractivity contribution < 1.29 is 9.47 Å². The Bertz CT molecular complexity index is 414. The maximum Gasteiger partial charge on any atom is 0.0594 e. The summed E-state index contributed by atoms with van der Waals surface area (Å²) in [4.78, 5) is 4.97. The molecule has 2 aliphatic rings. The fraction of sp³-hybridized carbons (Fsp3) is 0.588. The van der Waals surface area contributed by atoms with E-state index in [4.69, 9.17) is 9.47 Å². The molecule has 1 aromatic carbocycles. The molecule has 3 rings (SSSR count). The van der Waals surface area contributed by atoms with Crippen molar-refractivity contribution in [2.75, 3.05) is 52.6 Å². The quantitative estimate of drug-likeness (QED) is 0.840. The third-order valence-corrected chi connectivity index (χ3v) is 4.46. The summed E-state index contributed by atoms with van der Waals surface area (Å²) in [5.41, 5.74) is 1.35. The topological polar surface area (TPSA) is 24.9 Å². The number of rotatable bonds is 4. The molecule has 21 heavy (non-hydrogen) atoms. The molecule has 2 fully saturated rings. The van der Waals surface area contributed by atoms with Crippen LogP contribution in [0.1, 0.15) is 11.6 Å². The summed E-state index contributed by atoms with van der Waals surface area (Å²) in [7, 11) is 0. The van der Waals surface area contributed by atoms with E-state index in [0.717, 1.165) is 52.6 Å². The Labute approximate surface area is 127 Å². The molecular weight excluding hydrogens is 264 g/mol.